The maximum atomic E-state index is 2.43. The summed E-state index contributed by atoms with van der Waals surface area (Å²) in [5, 5.41) is 7.53. The summed E-state index contributed by atoms with van der Waals surface area (Å²) < 4.78 is 4.80. The smallest absolute Gasteiger partial charge is 0.0541 e. The van der Waals surface area contributed by atoms with Gasteiger partial charge in [0.2, 0.25) is 0 Å². The first kappa shape index (κ1) is 26.8. The van der Waals surface area contributed by atoms with Gasteiger partial charge < -0.3 is 9.13 Å². The zero-order chi connectivity index (χ0) is 31.6. The van der Waals surface area contributed by atoms with Gasteiger partial charge in [-0.2, -0.15) is 0 Å². The molecular formula is C46H30N2. The molecule has 8 aromatic carbocycles. The number of fused-ring (bicyclic) bond motifs is 7. The average molecular weight is 611 g/mol. The molecule has 0 N–H and O–H groups in total. The normalized spacial score (nSPS) is 11.8. The van der Waals surface area contributed by atoms with Gasteiger partial charge in [-0.15, -0.1) is 0 Å². The van der Waals surface area contributed by atoms with Crippen molar-refractivity contribution in [2.24, 2.45) is 0 Å². The molecule has 0 aliphatic carbocycles. The number of hydrogen-bond acceptors (Lipinski definition) is 0. The van der Waals surface area contributed by atoms with E-state index in [0.29, 0.717) is 0 Å². The van der Waals surface area contributed by atoms with Crippen LogP contribution in [0.3, 0.4) is 0 Å². The summed E-state index contributed by atoms with van der Waals surface area (Å²) in [7, 11) is 0. The van der Waals surface area contributed by atoms with Crippen LogP contribution >= 0.6 is 0 Å². The fourth-order valence-corrected chi connectivity index (χ4v) is 7.79. The Morgan fingerprint density at radius 1 is 0.292 bits per heavy atom. The van der Waals surface area contributed by atoms with Crippen molar-refractivity contribution in [2.45, 2.75) is 0 Å². The maximum Gasteiger partial charge on any atom is 0.0541 e. The van der Waals surface area contributed by atoms with Crippen LogP contribution in [-0.2, 0) is 0 Å². The third-order valence-corrected chi connectivity index (χ3v) is 9.92. The number of benzene rings is 8. The van der Waals surface area contributed by atoms with Crippen molar-refractivity contribution in [2.75, 3.05) is 0 Å². The molecular weight excluding hydrogens is 581 g/mol. The monoisotopic (exact) mass is 610 g/mol. The Morgan fingerprint density at radius 2 is 0.771 bits per heavy atom. The zero-order valence-corrected chi connectivity index (χ0v) is 26.2. The summed E-state index contributed by atoms with van der Waals surface area (Å²) in [4.78, 5) is 0. The summed E-state index contributed by atoms with van der Waals surface area (Å²) in [6.07, 6.45) is 0. The predicted octanol–water partition coefficient (Wildman–Crippen LogP) is 12.4. The minimum Gasteiger partial charge on any atom is -0.309 e. The minimum atomic E-state index is 1.17. The molecule has 10 rings (SSSR count). The molecule has 0 unspecified atom stereocenters. The van der Waals surface area contributed by atoms with Crippen molar-refractivity contribution in [1.82, 2.24) is 9.13 Å². The van der Waals surface area contributed by atoms with Crippen molar-refractivity contribution in [3.05, 3.63) is 182 Å². The molecule has 2 nitrogen and oxygen atoms in total. The number of aromatic nitrogens is 2. The second-order valence-electron chi connectivity index (χ2n) is 12.5. The average Bonchev–Trinajstić information content (AvgIpc) is 3.67. The Labute approximate surface area is 278 Å². The summed E-state index contributed by atoms with van der Waals surface area (Å²) >= 11 is 0. The first-order chi connectivity index (χ1) is 23.8. The van der Waals surface area contributed by atoms with Gasteiger partial charge in [-0.3, -0.25) is 0 Å². The molecule has 0 radical (unpaired) electrons. The van der Waals surface area contributed by atoms with Crippen LogP contribution in [0.15, 0.2) is 182 Å². The van der Waals surface area contributed by atoms with E-state index < -0.39 is 0 Å². The molecule has 0 bridgehead atoms. The van der Waals surface area contributed by atoms with Gasteiger partial charge in [0.25, 0.3) is 0 Å². The van der Waals surface area contributed by atoms with Crippen LogP contribution in [-0.4, -0.2) is 9.13 Å². The third kappa shape index (κ3) is 4.00. The molecule has 224 valence electrons. The van der Waals surface area contributed by atoms with Gasteiger partial charge in [0, 0.05) is 32.6 Å². The Hall–Kier alpha value is -6.38. The Bertz CT molecular complexity index is 2830. The standard InChI is InChI=1S/C46H30N2/c1-2-15-34(16-3-1)47-43-22-10-8-20-38(43)40-29-32(25-27-45(40)47)35-17-6-7-18-36(35)33-26-28-46-41(30-33)39-21-9-11-23-44(39)48(46)42-24-12-14-31-13-4-5-19-37(31)42/h1-30H. The molecule has 0 amide bonds. The molecule has 0 fully saturated rings. The molecule has 0 aliphatic rings. The van der Waals surface area contributed by atoms with Crippen LogP contribution in [0.2, 0.25) is 0 Å². The van der Waals surface area contributed by atoms with Crippen LogP contribution in [0.4, 0.5) is 0 Å². The van der Waals surface area contributed by atoms with Gasteiger partial charge in [-0.1, -0.05) is 127 Å². The van der Waals surface area contributed by atoms with E-state index in [1.807, 2.05) is 0 Å². The maximum absolute atomic E-state index is 2.43. The van der Waals surface area contributed by atoms with Crippen LogP contribution in [0, 0.1) is 0 Å². The minimum absolute atomic E-state index is 1.17. The highest BCUT2D eigenvalue weighted by Crippen LogP contribution is 2.41. The Kier molecular flexibility index (Phi) is 5.91. The van der Waals surface area contributed by atoms with E-state index in [2.05, 4.69) is 191 Å². The Morgan fingerprint density at radius 3 is 1.44 bits per heavy atom. The summed E-state index contributed by atoms with van der Waals surface area (Å²) in [6, 6.07) is 66.2. The van der Waals surface area contributed by atoms with Gasteiger partial charge in [0.15, 0.2) is 0 Å². The summed E-state index contributed by atoms with van der Waals surface area (Å²) in [5.41, 5.74) is 12.1. The first-order valence-corrected chi connectivity index (χ1v) is 16.5. The van der Waals surface area contributed by atoms with E-state index in [0.717, 1.165) is 0 Å². The molecule has 0 saturated carbocycles. The largest absolute Gasteiger partial charge is 0.309 e. The lowest BCUT2D eigenvalue weighted by molar-refractivity contribution is 1.18. The Balaban J connectivity index is 1.17. The van der Waals surface area contributed by atoms with Crippen molar-refractivity contribution in [3.63, 3.8) is 0 Å². The molecule has 0 saturated heterocycles. The van der Waals surface area contributed by atoms with E-state index >= 15 is 0 Å². The van der Waals surface area contributed by atoms with E-state index in [1.54, 1.807) is 0 Å². The van der Waals surface area contributed by atoms with E-state index in [1.165, 1.54) is 88.0 Å². The van der Waals surface area contributed by atoms with Gasteiger partial charge in [-0.25, -0.2) is 0 Å². The van der Waals surface area contributed by atoms with E-state index in [9.17, 15) is 0 Å². The zero-order valence-electron chi connectivity index (χ0n) is 26.2. The van der Waals surface area contributed by atoms with E-state index in [-0.39, 0.29) is 0 Å². The quantitative estimate of drug-likeness (QED) is 0.188. The molecule has 2 heteroatoms. The fourth-order valence-electron chi connectivity index (χ4n) is 7.79. The molecule has 0 atom stereocenters. The van der Waals surface area contributed by atoms with Crippen LogP contribution in [0.25, 0.3) is 88.0 Å². The number of para-hydroxylation sites is 3. The molecule has 48 heavy (non-hydrogen) atoms. The third-order valence-electron chi connectivity index (χ3n) is 9.92. The summed E-state index contributed by atoms with van der Waals surface area (Å²) in [5.74, 6) is 0. The second-order valence-corrected chi connectivity index (χ2v) is 12.5. The van der Waals surface area contributed by atoms with Crippen LogP contribution in [0.1, 0.15) is 0 Å². The summed E-state index contributed by atoms with van der Waals surface area (Å²) in [6.45, 7) is 0. The molecule has 10 aromatic rings. The predicted molar refractivity (Wildman–Crippen MR) is 203 cm³/mol. The van der Waals surface area contributed by atoms with Crippen LogP contribution in [0.5, 0.6) is 0 Å². The van der Waals surface area contributed by atoms with Gasteiger partial charge in [0.1, 0.15) is 0 Å². The lowest BCUT2D eigenvalue weighted by atomic mass is 9.93. The lowest BCUT2D eigenvalue weighted by Crippen LogP contribution is -1.95. The highest BCUT2D eigenvalue weighted by molar-refractivity contribution is 6.13. The first-order valence-electron chi connectivity index (χ1n) is 16.5. The second kappa shape index (κ2) is 10.6. The van der Waals surface area contributed by atoms with Gasteiger partial charge in [0.05, 0.1) is 27.8 Å². The van der Waals surface area contributed by atoms with Crippen molar-refractivity contribution in [3.8, 4) is 33.6 Å². The van der Waals surface area contributed by atoms with Gasteiger partial charge >= 0.3 is 0 Å². The number of rotatable bonds is 4. The topological polar surface area (TPSA) is 9.86 Å². The van der Waals surface area contributed by atoms with Crippen molar-refractivity contribution in [1.29, 1.82) is 0 Å². The number of nitrogens with zero attached hydrogens (tertiary/aromatic N) is 2. The number of hydrogen-bond donors (Lipinski definition) is 0. The van der Waals surface area contributed by atoms with Crippen molar-refractivity contribution < 1.29 is 0 Å². The SMILES string of the molecule is c1ccc(-n2c3ccccc3c3cc(-c4ccccc4-c4ccc5c(c4)c4ccccc4n5-c4cccc5ccccc45)ccc32)cc1. The molecule has 2 heterocycles. The van der Waals surface area contributed by atoms with Gasteiger partial charge in [-0.05, 0) is 82.2 Å². The molecule has 2 aromatic heterocycles. The van der Waals surface area contributed by atoms with Crippen LogP contribution < -0.4 is 0 Å². The lowest BCUT2D eigenvalue weighted by Gasteiger charge is -2.13. The van der Waals surface area contributed by atoms with Crippen molar-refractivity contribution >= 4 is 54.4 Å². The molecule has 0 aliphatic heterocycles. The molecule has 0 spiro atoms. The fraction of sp³-hybridized carbons (Fsp3) is 0. The highest BCUT2D eigenvalue weighted by atomic mass is 15.0. The highest BCUT2D eigenvalue weighted by Gasteiger charge is 2.17. The van der Waals surface area contributed by atoms with E-state index in [4.69, 9.17) is 0 Å².